The van der Waals surface area contributed by atoms with E-state index in [2.05, 4.69) is 27.7 Å². The maximum absolute atomic E-state index is 12.2. The second kappa shape index (κ2) is 9.43. The second-order valence-corrected chi connectivity index (χ2v) is 6.47. The average Bonchev–Trinajstić information content (AvgIpc) is 2.98. The third-order valence-electron chi connectivity index (χ3n) is 3.38. The molecule has 0 aliphatic carbocycles. The van der Waals surface area contributed by atoms with Crippen LogP contribution < -0.4 is 0 Å². The molecule has 132 valence electrons. The number of esters is 2. The highest BCUT2D eigenvalue weighted by atomic mass is 16.8. The highest BCUT2D eigenvalue weighted by Crippen LogP contribution is 2.24. The van der Waals surface area contributed by atoms with E-state index >= 15 is 0 Å². The zero-order valence-corrected chi connectivity index (χ0v) is 14.5. The molecule has 1 heterocycles. The summed E-state index contributed by atoms with van der Waals surface area (Å²) < 4.78 is 20.4. The first kappa shape index (κ1) is 19.3. The van der Waals surface area contributed by atoms with Crippen molar-refractivity contribution >= 4 is 11.9 Å². The summed E-state index contributed by atoms with van der Waals surface area (Å²) in [7, 11) is 0. The molecule has 0 bridgehead atoms. The summed E-state index contributed by atoms with van der Waals surface area (Å²) >= 11 is 0. The molecule has 0 aromatic rings. The molecule has 6 heteroatoms. The molecule has 0 spiro atoms. The molecular formula is C17H28O6. The maximum atomic E-state index is 12.2. The fraction of sp³-hybridized carbons (Fsp3) is 0.765. The minimum absolute atomic E-state index is 0.214. The molecule has 0 amide bonds. The van der Waals surface area contributed by atoms with Crippen molar-refractivity contribution in [3.05, 3.63) is 12.5 Å². The third-order valence-corrected chi connectivity index (χ3v) is 3.38. The van der Waals surface area contributed by atoms with E-state index in [1.54, 1.807) is 0 Å². The molecule has 0 aromatic carbocycles. The van der Waals surface area contributed by atoms with Crippen molar-refractivity contribution in [1.82, 2.24) is 0 Å². The zero-order chi connectivity index (χ0) is 17.3. The molecule has 6 nitrogen and oxygen atoms in total. The number of hydrogen-bond acceptors (Lipinski definition) is 6. The largest absolute Gasteiger partial charge is 0.459 e. The summed E-state index contributed by atoms with van der Waals surface area (Å²) in [5, 5.41) is 0. The van der Waals surface area contributed by atoms with Crippen molar-refractivity contribution in [1.29, 1.82) is 0 Å². The van der Waals surface area contributed by atoms with E-state index in [0.29, 0.717) is 11.8 Å². The number of carbonyl (C=O) groups excluding carboxylic acids is 2. The van der Waals surface area contributed by atoms with Gasteiger partial charge in [-0.1, -0.05) is 27.7 Å². The number of rotatable bonds is 10. The lowest BCUT2D eigenvalue weighted by molar-refractivity contribution is -0.217. The van der Waals surface area contributed by atoms with Gasteiger partial charge in [-0.15, -0.1) is 0 Å². The molecular weight excluding hydrogens is 300 g/mol. The van der Waals surface area contributed by atoms with Crippen molar-refractivity contribution in [2.75, 3.05) is 13.2 Å². The van der Waals surface area contributed by atoms with E-state index in [-0.39, 0.29) is 13.2 Å². The van der Waals surface area contributed by atoms with Gasteiger partial charge in [0.1, 0.15) is 12.5 Å². The Kier molecular flexibility index (Phi) is 7.92. The van der Waals surface area contributed by atoms with Crippen molar-refractivity contribution in [2.45, 2.75) is 59.2 Å². The van der Waals surface area contributed by atoms with Crippen LogP contribution in [0.5, 0.6) is 0 Å². The second-order valence-electron chi connectivity index (χ2n) is 6.47. The molecule has 0 atom stereocenters. The normalized spacial score (nSPS) is 15.4. The third kappa shape index (κ3) is 6.12. The minimum atomic E-state index is -2.14. The van der Waals surface area contributed by atoms with Gasteiger partial charge < -0.3 is 18.9 Å². The molecule has 0 unspecified atom stereocenters. The lowest BCUT2D eigenvalue weighted by atomic mass is 10.1. The van der Waals surface area contributed by atoms with Gasteiger partial charge in [0, 0.05) is 0 Å². The van der Waals surface area contributed by atoms with Crippen LogP contribution in [0.3, 0.4) is 0 Å². The smallest absolute Gasteiger partial charge is 0.452 e. The predicted molar refractivity (Wildman–Crippen MR) is 84.1 cm³/mol. The van der Waals surface area contributed by atoms with Crippen molar-refractivity contribution in [2.24, 2.45) is 11.8 Å². The summed E-state index contributed by atoms with van der Waals surface area (Å²) in [6, 6.07) is 0. The van der Waals surface area contributed by atoms with Crippen LogP contribution in [0.4, 0.5) is 0 Å². The zero-order valence-electron chi connectivity index (χ0n) is 14.5. The lowest BCUT2D eigenvalue weighted by Gasteiger charge is -2.23. The van der Waals surface area contributed by atoms with Crippen LogP contribution in [0.15, 0.2) is 12.5 Å². The predicted octanol–water partition coefficient (Wildman–Crippen LogP) is 3.16. The Morgan fingerprint density at radius 2 is 1.26 bits per heavy atom. The van der Waals surface area contributed by atoms with Gasteiger partial charge in [0.2, 0.25) is 0 Å². The van der Waals surface area contributed by atoms with E-state index in [9.17, 15) is 9.59 Å². The van der Waals surface area contributed by atoms with Gasteiger partial charge in [0.25, 0.3) is 0 Å². The lowest BCUT2D eigenvalue weighted by Crippen LogP contribution is -2.50. The Labute approximate surface area is 138 Å². The summed E-state index contributed by atoms with van der Waals surface area (Å²) in [6.07, 6.45) is 5.59. The van der Waals surface area contributed by atoms with Gasteiger partial charge in [-0.2, -0.15) is 0 Å². The molecule has 0 saturated heterocycles. The molecule has 0 N–H and O–H groups in total. The number of carbonyl (C=O) groups is 2. The van der Waals surface area contributed by atoms with E-state index in [1.807, 2.05) is 0 Å². The molecule has 0 radical (unpaired) electrons. The Morgan fingerprint density at radius 1 is 0.870 bits per heavy atom. The van der Waals surface area contributed by atoms with Gasteiger partial charge >= 0.3 is 17.7 Å². The van der Waals surface area contributed by atoms with Crippen molar-refractivity contribution in [3.63, 3.8) is 0 Å². The van der Waals surface area contributed by atoms with Gasteiger partial charge in [0.05, 0.1) is 13.2 Å². The topological polar surface area (TPSA) is 71.1 Å². The van der Waals surface area contributed by atoms with Crippen LogP contribution in [-0.4, -0.2) is 30.9 Å². The Balaban J connectivity index is 2.46. The van der Waals surface area contributed by atoms with Gasteiger partial charge in [-0.05, 0) is 37.5 Å². The highest BCUT2D eigenvalue weighted by Gasteiger charge is 2.56. The number of ether oxygens (including phenoxy) is 4. The fourth-order valence-corrected chi connectivity index (χ4v) is 2.05. The maximum Gasteiger partial charge on any atom is 0.452 e. The first-order valence-corrected chi connectivity index (χ1v) is 8.23. The first-order chi connectivity index (χ1) is 10.9. The monoisotopic (exact) mass is 328 g/mol. The first-order valence-electron chi connectivity index (χ1n) is 8.23. The van der Waals surface area contributed by atoms with Crippen molar-refractivity contribution in [3.8, 4) is 0 Å². The molecule has 0 fully saturated rings. The summed E-state index contributed by atoms with van der Waals surface area (Å²) in [4.78, 5) is 24.4. The fourth-order valence-electron chi connectivity index (χ4n) is 2.05. The van der Waals surface area contributed by atoms with Gasteiger partial charge in [-0.25, -0.2) is 9.59 Å². The Bertz CT molecular complexity index is 375. The average molecular weight is 328 g/mol. The molecule has 1 rings (SSSR count). The summed E-state index contributed by atoms with van der Waals surface area (Å²) in [5.74, 6) is -2.85. The Hall–Kier alpha value is -1.72. The quantitative estimate of drug-likeness (QED) is 0.348. The van der Waals surface area contributed by atoms with Crippen LogP contribution >= 0.6 is 0 Å². The van der Waals surface area contributed by atoms with Crippen LogP contribution in [-0.2, 0) is 28.5 Å². The van der Waals surface area contributed by atoms with E-state index in [1.165, 1.54) is 0 Å². The molecule has 0 aromatic heterocycles. The minimum Gasteiger partial charge on any atom is -0.459 e. The van der Waals surface area contributed by atoms with Crippen molar-refractivity contribution < 1.29 is 28.5 Å². The molecule has 1 aliphatic heterocycles. The van der Waals surface area contributed by atoms with Crippen LogP contribution in [0, 0.1) is 11.8 Å². The number of hydrogen-bond donors (Lipinski definition) is 0. The van der Waals surface area contributed by atoms with E-state index in [0.717, 1.165) is 38.2 Å². The molecule has 1 aliphatic rings. The summed E-state index contributed by atoms with van der Waals surface area (Å²) in [6.45, 7) is 8.78. The van der Waals surface area contributed by atoms with Crippen LogP contribution in [0.2, 0.25) is 0 Å². The molecule has 0 saturated carbocycles. The standard InChI is InChI=1S/C17H28O6/c1-13(2)7-5-9-20-15(18)17(22-11-12-23-17)16(19)21-10-6-8-14(3)4/h11-14H,5-10H2,1-4H3. The van der Waals surface area contributed by atoms with E-state index in [4.69, 9.17) is 18.9 Å². The SMILES string of the molecule is CC(C)CCCOC(=O)C1(C(=O)OCCCC(C)C)OC=CO1. The van der Waals surface area contributed by atoms with Gasteiger partial charge in [0.15, 0.2) is 0 Å². The van der Waals surface area contributed by atoms with Crippen LogP contribution in [0.25, 0.3) is 0 Å². The highest BCUT2D eigenvalue weighted by molar-refractivity contribution is 6.02. The van der Waals surface area contributed by atoms with Gasteiger partial charge in [-0.3, -0.25) is 0 Å². The van der Waals surface area contributed by atoms with Crippen LogP contribution in [0.1, 0.15) is 53.4 Å². The summed E-state index contributed by atoms with van der Waals surface area (Å²) in [5.41, 5.74) is 0. The molecule has 23 heavy (non-hydrogen) atoms. The van der Waals surface area contributed by atoms with E-state index < -0.39 is 17.7 Å². The Morgan fingerprint density at radius 3 is 1.61 bits per heavy atom.